The van der Waals surface area contributed by atoms with Crippen LogP contribution in [-0.4, -0.2) is 25.4 Å². The topological polar surface area (TPSA) is 64.6 Å². The van der Waals surface area contributed by atoms with Crippen LogP contribution in [0, 0.1) is 0 Å². The molecule has 0 aliphatic carbocycles. The van der Waals surface area contributed by atoms with E-state index in [1.54, 1.807) is 48.5 Å². The number of benzene rings is 3. The molecule has 1 N–H and O–H groups in total. The lowest BCUT2D eigenvalue weighted by Crippen LogP contribution is -2.20. The number of halogens is 1. The molecule has 0 aliphatic heterocycles. The minimum atomic E-state index is -0.271. The average molecular weight is 466 g/mol. The number of carbonyl (C=O) groups excluding carboxylic acids is 2. The summed E-state index contributed by atoms with van der Waals surface area (Å²) in [7, 11) is 1.52. The summed E-state index contributed by atoms with van der Waals surface area (Å²) in [6.07, 6.45) is 3.21. The molecule has 0 radical (unpaired) electrons. The fourth-order valence-corrected chi connectivity index (χ4v) is 2.92. The molecule has 3 rings (SSSR count). The summed E-state index contributed by atoms with van der Waals surface area (Å²) < 4.78 is 11.9. The SMILES string of the molecule is COc1cc(/C=C/C(=O)c2ccc(Br)cc2)ccc1OCC(=O)Nc1ccccc1. The van der Waals surface area contributed by atoms with E-state index in [0.717, 1.165) is 10.0 Å². The molecule has 0 heterocycles. The molecule has 5 nitrogen and oxygen atoms in total. The number of amides is 1. The fraction of sp³-hybridized carbons (Fsp3) is 0.0833. The van der Waals surface area contributed by atoms with E-state index in [1.807, 2.05) is 30.3 Å². The Morgan fingerprint density at radius 1 is 0.967 bits per heavy atom. The zero-order valence-corrected chi connectivity index (χ0v) is 17.9. The third-order valence-electron chi connectivity index (χ3n) is 4.16. The number of nitrogens with one attached hydrogen (secondary N) is 1. The van der Waals surface area contributed by atoms with Gasteiger partial charge >= 0.3 is 0 Å². The summed E-state index contributed by atoms with van der Waals surface area (Å²) in [5, 5.41) is 2.76. The first-order valence-corrected chi connectivity index (χ1v) is 9.98. The molecule has 3 aromatic rings. The van der Waals surface area contributed by atoms with Crippen LogP contribution in [0.4, 0.5) is 5.69 Å². The second-order valence-corrected chi connectivity index (χ2v) is 7.23. The van der Waals surface area contributed by atoms with Crippen LogP contribution in [0.1, 0.15) is 15.9 Å². The molecular formula is C24H20BrNO4. The third-order valence-corrected chi connectivity index (χ3v) is 4.69. The lowest BCUT2D eigenvalue weighted by atomic mass is 10.1. The van der Waals surface area contributed by atoms with Crippen LogP contribution < -0.4 is 14.8 Å². The van der Waals surface area contributed by atoms with E-state index in [1.165, 1.54) is 13.2 Å². The van der Waals surface area contributed by atoms with Crippen molar-refractivity contribution in [2.45, 2.75) is 0 Å². The second-order valence-electron chi connectivity index (χ2n) is 6.32. The number of ketones is 1. The lowest BCUT2D eigenvalue weighted by Gasteiger charge is -2.11. The van der Waals surface area contributed by atoms with E-state index in [2.05, 4.69) is 21.2 Å². The maximum absolute atomic E-state index is 12.3. The van der Waals surface area contributed by atoms with E-state index in [-0.39, 0.29) is 18.3 Å². The Bertz CT molecular complexity index is 1050. The standard InChI is InChI=1S/C24H20BrNO4/c1-29-23-15-17(7-13-21(27)18-9-11-19(25)12-10-18)8-14-22(23)30-16-24(28)26-20-5-3-2-4-6-20/h2-15H,16H2,1H3,(H,26,28)/b13-7+. The van der Waals surface area contributed by atoms with Crippen molar-refractivity contribution in [1.29, 1.82) is 0 Å². The van der Waals surface area contributed by atoms with Crippen molar-refractivity contribution in [1.82, 2.24) is 0 Å². The van der Waals surface area contributed by atoms with Crippen molar-refractivity contribution in [2.75, 3.05) is 19.0 Å². The highest BCUT2D eigenvalue weighted by molar-refractivity contribution is 9.10. The fourth-order valence-electron chi connectivity index (χ4n) is 2.65. The van der Waals surface area contributed by atoms with Crippen LogP contribution in [0.25, 0.3) is 6.08 Å². The van der Waals surface area contributed by atoms with E-state index in [4.69, 9.17) is 9.47 Å². The van der Waals surface area contributed by atoms with Crippen molar-refractivity contribution in [3.8, 4) is 11.5 Å². The van der Waals surface area contributed by atoms with Gasteiger partial charge in [0, 0.05) is 15.7 Å². The number of hydrogen-bond donors (Lipinski definition) is 1. The molecule has 0 spiro atoms. The number of hydrogen-bond acceptors (Lipinski definition) is 4. The van der Waals surface area contributed by atoms with Gasteiger partial charge in [-0.2, -0.15) is 0 Å². The van der Waals surface area contributed by atoms with Gasteiger partial charge in [0.25, 0.3) is 5.91 Å². The summed E-state index contributed by atoms with van der Waals surface area (Å²) in [6.45, 7) is -0.150. The normalized spacial score (nSPS) is 10.6. The number of anilines is 1. The summed E-state index contributed by atoms with van der Waals surface area (Å²) in [5.41, 5.74) is 2.08. The quantitative estimate of drug-likeness (QED) is 0.358. The predicted molar refractivity (Wildman–Crippen MR) is 121 cm³/mol. The van der Waals surface area contributed by atoms with Gasteiger partial charge in [-0.25, -0.2) is 0 Å². The average Bonchev–Trinajstić information content (AvgIpc) is 2.77. The lowest BCUT2D eigenvalue weighted by molar-refractivity contribution is -0.118. The summed E-state index contributed by atoms with van der Waals surface area (Å²) >= 11 is 3.35. The molecule has 30 heavy (non-hydrogen) atoms. The van der Waals surface area contributed by atoms with Crippen molar-refractivity contribution in [2.24, 2.45) is 0 Å². The minimum Gasteiger partial charge on any atom is -0.493 e. The Morgan fingerprint density at radius 3 is 2.40 bits per heavy atom. The molecule has 0 saturated carbocycles. The molecule has 0 atom stereocenters. The first-order chi connectivity index (χ1) is 14.5. The number of allylic oxidation sites excluding steroid dienone is 1. The maximum Gasteiger partial charge on any atom is 0.262 e. The van der Waals surface area contributed by atoms with Crippen LogP contribution in [0.2, 0.25) is 0 Å². The number of rotatable bonds is 8. The predicted octanol–water partition coefficient (Wildman–Crippen LogP) is 5.37. The van der Waals surface area contributed by atoms with Crippen molar-refractivity contribution in [3.05, 3.63) is 94.5 Å². The zero-order valence-electron chi connectivity index (χ0n) is 16.3. The highest BCUT2D eigenvalue weighted by atomic mass is 79.9. The Hall–Kier alpha value is -3.38. The summed E-state index contributed by atoms with van der Waals surface area (Å²) in [5.74, 6) is 0.546. The molecule has 3 aromatic carbocycles. The smallest absolute Gasteiger partial charge is 0.262 e. The van der Waals surface area contributed by atoms with Crippen LogP contribution in [0.15, 0.2) is 83.3 Å². The number of para-hydroxylation sites is 1. The van der Waals surface area contributed by atoms with Gasteiger partial charge in [-0.3, -0.25) is 9.59 Å². The van der Waals surface area contributed by atoms with Gasteiger partial charge in [0.15, 0.2) is 23.9 Å². The highest BCUT2D eigenvalue weighted by Gasteiger charge is 2.09. The highest BCUT2D eigenvalue weighted by Crippen LogP contribution is 2.28. The Morgan fingerprint density at radius 2 is 1.70 bits per heavy atom. The molecule has 1 amide bonds. The molecule has 0 unspecified atom stereocenters. The molecule has 0 bridgehead atoms. The minimum absolute atomic E-state index is 0.0978. The van der Waals surface area contributed by atoms with Crippen LogP contribution >= 0.6 is 15.9 Å². The van der Waals surface area contributed by atoms with Crippen LogP contribution in [0.5, 0.6) is 11.5 Å². The van der Waals surface area contributed by atoms with E-state index in [0.29, 0.717) is 22.7 Å². The molecule has 0 fully saturated rings. The molecular weight excluding hydrogens is 446 g/mol. The van der Waals surface area contributed by atoms with E-state index in [9.17, 15) is 9.59 Å². The first-order valence-electron chi connectivity index (χ1n) is 9.19. The Labute approximate surface area is 183 Å². The number of ether oxygens (including phenoxy) is 2. The van der Waals surface area contributed by atoms with E-state index >= 15 is 0 Å². The van der Waals surface area contributed by atoms with Gasteiger partial charge < -0.3 is 14.8 Å². The third kappa shape index (κ3) is 6.06. The Kier molecular flexibility index (Phi) is 7.40. The Balaban J connectivity index is 1.62. The van der Waals surface area contributed by atoms with Gasteiger partial charge in [-0.15, -0.1) is 0 Å². The van der Waals surface area contributed by atoms with Crippen LogP contribution in [0.3, 0.4) is 0 Å². The van der Waals surface area contributed by atoms with Crippen molar-refractivity contribution >= 4 is 39.4 Å². The molecule has 0 saturated heterocycles. The van der Waals surface area contributed by atoms with E-state index < -0.39 is 0 Å². The first kappa shape index (κ1) is 21.3. The molecule has 0 aliphatic rings. The number of carbonyl (C=O) groups is 2. The zero-order chi connectivity index (χ0) is 21.3. The number of methoxy groups -OCH3 is 1. The van der Waals surface area contributed by atoms with Crippen molar-refractivity contribution in [3.63, 3.8) is 0 Å². The summed E-state index contributed by atoms with van der Waals surface area (Å²) in [6, 6.07) is 21.6. The van der Waals surface area contributed by atoms with Crippen LogP contribution in [-0.2, 0) is 4.79 Å². The molecule has 152 valence electrons. The van der Waals surface area contributed by atoms with Gasteiger partial charge in [0.05, 0.1) is 7.11 Å². The van der Waals surface area contributed by atoms with Gasteiger partial charge in [0.2, 0.25) is 0 Å². The summed E-state index contributed by atoms with van der Waals surface area (Å²) in [4.78, 5) is 24.3. The molecule has 6 heteroatoms. The second kappa shape index (κ2) is 10.4. The van der Waals surface area contributed by atoms with Gasteiger partial charge in [-0.05, 0) is 60.2 Å². The van der Waals surface area contributed by atoms with Gasteiger partial charge in [0.1, 0.15) is 0 Å². The monoisotopic (exact) mass is 465 g/mol. The van der Waals surface area contributed by atoms with Crippen molar-refractivity contribution < 1.29 is 19.1 Å². The largest absolute Gasteiger partial charge is 0.493 e. The maximum atomic E-state index is 12.3. The molecule has 0 aromatic heterocycles. The van der Waals surface area contributed by atoms with Gasteiger partial charge in [-0.1, -0.05) is 46.3 Å².